The van der Waals surface area contributed by atoms with Gasteiger partial charge in [-0.25, -0.2) is 4.98 Å². The van der Waals surface area contributed by atoms with Crippen molar-refractivity contribution < 1.29 is 14.5 Å². The number of likely N-dealkylation sites (tertiary alicyclic amines) is 1. The van der Waals surface area contributed by atoms with Crippen LogP contribution in [0.25, 0.3) is 10.2 Å². The van der Waals surface area contributed by atoms with E-state index in [1.165, 1.54) is 22.3 Å². The van der Waals surface area contributed by atoms with E-state index in [9.17, 15) is 19.7 Å². The highest BCUT2D eigenvalue weighted by molar-refractivity contribution is 7.22. The molecule has 1 aliphatic heterocycles. The van der Waals surface area contributed by atoms with Gasteiger partial charge in [0.25, 0.3) is 11.6 Å². The number of hydrogen-bond acceptors (Lipinski definition) is 6. The van der Waals surface area contributed by atoms with E-state index in [2.05, 4.69) is 4.98 Å². The Bertz CT molecular complexity index is 1090. The van der Waals surface area contributed by atoms with Gasteiger partial charge in [0.05, 0.1) is 15.1 Å². The molecule has 0 atom stereocenters. The minimum Gasteiger partial charge on any atom is -0.324 e. The van der Waals surface area contributed by atoms with Crippen LogP contribution in [-0.4, -0.2) is 39.8 Å². The van der Waals surface area contributed by atoms with Gasteiger partial charge < -0.3 is 4.90 Å². The standard InChI is InChI=1S/C20H18N4O4S/c1-13-8-9-14(11-16(13)24(27)28)19(26)23(12-22-10-4-7-18(22)25)20-21-15-5-2-3-6-17(15)29-20/h2-3,5-6,8-9,11H,4,7,10,12H2,1H3. The summed E-state index contributed by atoms with van der Waals surface area (Å²) in [5.74, 6) is -0.439. The molecule has 0 N–H and O–H groups in total. The predicted octanol–water partition coefficient (Wildman–Crippen LogP) is 3.74. The molecular weight excluding hydrogens is 392 g/mol. The van der Waals surface area contributed by atoms with Crippen LogP contribution in [-0.2, 0) is 4.79 Å². The third-order valence-corrected chi connectivity index (χ3v) is 5.95. The quantitative estimate of drug-likeness (QED) is 0.471. The van der Waals surface area contributed by atoms with Crippen LogP contribution in [0, 0.1) is 17.0 Å². The van der Waals surface area contributed by atoms with Gasteiger partial charge in [-0.2, -0.15) is 0 Å². The van der Waals surface area contributed by atoms with E-state index in [4.69, 9.17) is 0 Å². The van der Waals surface area contributed by atoms with E-state index < -0.39 is 10.8 Å². The summed E-state index contributed by atoms with van der Waals surface area (Å²) in [5, 5.41) is 11.8. The van der Waals surface area contributed by atoms with Crippen molar-refractivity contribution in [3.05, 3.63) is 63.7 Å². The highest BCUT2D eigenvalue weighted by Gasteiger charge is 2.29. The van der Waals surface area contributed by atoms with Crippen molar-refractivity contribution in [2.24, 2.45) is 0 Å². The van der Waals surface area contributed by atoms with Crippen molar-refractivity contribution in [2.45, 2.75) is 19.8 Å². The summed E-state index contributed by atoms with van der Waals surface area (Å²) in [7, 11) is 0. The molecule has 9 heteroatoms. The third kappa shape index (κ3) is 3.68. The Balaban J connectivity index is 1.75. The third-order valence-electron chi connectivity index (χ3n) is 4.89. The number of para-hydroxylation sites is 1. The molecule has 1 aliphatic rings. The van der Waals surface area contributed by atoms with Gasteiger partial charge in [0.2, 0.25) is 5.91 Å². The Labute approximate surface area is 170 Å². The number of aromatic nitrogens is 1. The van der Waals surface area contributed by atoms with Gasteiger partial charge in [0.1, 0.15) is 6.67 Å². The highest BCUT2D eigenvalue weighted by Crippen LogP contribution is 2.31. The first-order valence-corrected chi connectivity index (χ1v) is 9.96. The number of benzene rings is 2. The molecule has 2 aromatic carbocycles. The average Bonchev–Trinajstić information content (AvgIpc) is 3.31. The van der Waals surface area contributed by atoms with Crippen molar-refractivity contribution >= 4 is 44.2 Å². The van der Waals surface area contributed by atoms with Crippen LogP contribution in [0.4, 0.5) is 10.8 Å². The summed E-state index contributed by atoms with van der Waals surface area (Å²) < 4.78 is 0.919. The lowest BCUT2D eigenvalue weighted by Crippen LogP contribution is -2.42. The zero-order valence-corrected chi connectivity index (χ0v) is 16.5. The van der Waals surface area contributed by atoms with Gasteiger partial charge in [-0.1, -0.05) is 29.5 Å². The second-order valence-electron chi connectivity index (χ2n) is 6.86. The molecule has 0 saturated carbocycles. The Morgan fingerprint density at radius 1 is 1.31 bits per heavy atom. The molecule has 1 fully saturated rings. The smallest absolute Gasteiger partial charge is 0.273 e. The van der Waals surface area contributed by atoms with Crippen molar-refractivity contribution in [2.75, 3.05) is 18.1 Å². The first kappa shape index (κ1) is 19.0. The lowest BCUT2D eigenvalue weighted by atomic mass is 10.1. The molecule has 2 heterocycles. The lowest BCUT2D eigenvalue weighted by molar-refractivity contribution is -0.385. The van der Waals surface area contributed by atoms with Crippen molar-refractivity contribution in [1.82, 2.24) is 9.88 Å². The zero-order chi connectivity index (χ0) is 20.5. The van der Waals surface area contributed by atoms with E-state index in [1.807, 2.05) is 24.3 Å². The van der Waals surface area contributed by atoms with Crippen molar-refractivity contribution in [1.29, 1.82) is 0 Å². The first-order valence-electron chi connectivity index (χ1n) is 9.14. The molecule has 4 rings (SSSR count). The van der Waals surface area contributed by atoms with E-state index in [-0.39, 0.29) is 23.8 Å². The monoisotopic (exact) mass is 410 g/mol. The average molecular weight is 410 g/mol. The van der Waals surface area contributed by atoms with Gasteiger partial charge in [-0.3, -0.25) is 24.6 Å². The number of nitro groups is 1. The molecule has 8 nitrogen and oxygen atoms in total. The number of fused-ring (bicyclic) bond motifs is 1. The first-order chi connectivity index (χ1) is 13.9. The van der Waals surface area contributed by atoms with Crippen LogP contribution in [0.2, 0.25) is 0 Å². The molecule has 0 aliphatic carbocycles. The fourth-order valence-corrected chi connectivity index (χ4v) is 4.26. The molecule has 2 amide bonds. The molecule has 1 saturated heterocycles. The topological polar surface area (TPSA) is 96.7 Å². The Morgan fingerprint density at radius 2 is 2.10 bits per heavy atom. The normalized spacial score (nSPS) is 13.8. The van der Waals surface area contributed by atoms with E-state index in [0.717, 1.165) is 16.6 Å². The Morgan fingerprint density at radius 3 is 2.79 bits per heavy atom. The van der Waals surface area contributed by atoms with Crippen LogP contribution < -0.4 is 4.90 Å². The SMILES string of the molecule is Cc1ccc(C(=O)N(CN2CCCC2=O)c2nc3ccccc3s2)cc1[N+](=O)[O-]. The number of nitrogens with zero attached hydrogens (tertiary/aromatic N) is 4. The second kappa shape index (κ2) is 7.59. The van der Waals surface area contributed by atoms with E-state index >= 15 is 0 Å². The van der Waals surface area contributed by atoms with Crippen molar-refractivity contribution in [3.8, 4) is 0 Å². The minimum absolute atomic E-state index is 0.0150. The summed E-state index contributed by atoms with van der Waals surface area (Å²) in [6, 6.07) is 11.9. The minimum atomic E-state index is -0.502. The Kier molecular flexibility index (Phi) is 4.98. The van der Waals surface area contributed by atoms with Crippen LogP contribution in [0.1, 0.15) is 28.8 Å². The molecule has 1 aromatic heterocycles. The molecule has 0 radical (unpaired) electrons. The van der Waals surface area contributed by atoms with E-state index in [0.29, 0.717) is 23.7 Å². The van der Waals surface area contributed by atoms with E-state index in [1.54, 1.807) is 24.0 Å². The Hall–Kier alpha value is -3.33. The van der Waals surface area contributed by atoms with Gasteiger partial charge in [0.15, 0.2) is 5.13 Å². The molecule has 29 heavy (non-hydrogen) atoms. The zero-order valence-electron chi connectivity index (χ0n) is 15.7. The second-order valence-corrected chi connectivity index (χ2v) is 7.87. The van der Waals surface area contributed by atoms with Crippen LogP contribution in [0.5, 0.6) is 0 Å². The van der Waals surface area contributed by atoms with Gasteiger partial charge >= 0.3 is 0 Å². The van der Waals surface area contributed by atoms with Crippen molar-refractivity contribution in [3.63, 3.8) is 0 Å². The summed E-state index contributed by atoms with van der Waals surface area (Å²) in [6.07, 6.45) is 1.20. The molecule has 0 spiro atoms. The van der Waals surface area contributed by atoms with Crippen LogP contribution in [0.15, 0.2) is 42.5 Å². The van der Waals surface area contributed by atoms with Gasteiger partial charge in [-0.05, 0) is 31.5 Å². The number of nitro benzene ring substituents is 1. The number of amides is 2. The van der Waals surface area contributed by atoms with Gasteiger partial charge in [-0.15, -0.1) is 0 Å². The maximum atomic E-state index is 13.3. The highest BCUT2D eigenvalue weighted by atomic mass is 32.1. The fraction of sp³-hybridized carbons (Fsp3) is 0.250. The largest absolute Gasteiger partial charge is 0.324 e. The van der Waals surface area contributed by atoms with Gasteiger partial charge in [0, 0.05) is 30.2 Å². The number of carbonyl (C=O) groups is 2. The predicted molar refractivity (Wildman–Crippen MR) is 110 cm³/mol. The molecule has 0 bridgehead atoms. The molecular formula is C20H18N4O4S. The maximum Gasteiger partial charge on any atom is 0.273 e. The number of rotatable bonds is 5. The maximum absolute atomic E-state index is 13.3. The lowest BCUT2D eigenvalue weighted by Gasteiger charge is -2.26. The summed E-state index contributed by atoms with van der Waals surface area (Å²) >= 11 is 1.35. The van der Waals surface area contributed by atoms with Crippen LogP contribution in [0.3, 0.4) is 0 Å². The van der Waals surface area contributed by atoms with Crippen LogP contribution >= 0.6 is 11.3 Å². The fourth-order valence-electron chi connectivity index (χ4n) is 3.31. The summed E-state index contributed by atoms with van der Waals surface area (Å²) in [5.41, 5.74) is 1.31. The summed E-state index contributed by atoms with van der Waals surface area (Å²) in [6.45, 7) is 2.27. The molecule has 148 valence electrons. The molecule has 3 aromatic rings. The number of carbonyl (C=O) groups excluding carboxylic acids is 2. The number of aryl methyl sites for hydroxylation is 1. The number of anilines is 1. The summed E-state index contributed by atoms with van der Waals surface area (Å²) in [4.78, 5) is 43.9. The number of thiazole rings is 1. The molecule has 0 unspecified atom stereocenters. The number of hydrogen-bond donors (Lipinski definition) is 0.